The first-order valence-electron chi connectivity index (χ1n) is 14.3. The molecule has 1 aliphatic carbocycles. The number of alkyl halides is 3. The summed E-state index contributed by atoms with van der Waals surface area (Å²) in [6.07, 6.45) is -0.894. The third-order valence-electron chi connectivity index (χ3n) is 9.08. The lowest BCUT2D eigenvalue weighted by Gasteiger charge is -2.24. The minimum atomic E-state index is -5.35. The largest absolute Gasteiger partial charge is 0.490 e. The first kappa shape index (κ1) is 29.8. The van der Waals surface area contributed by atoms with Crippen molar-refractivity contribution in [2.24, 2.45) is 11.3 Å². The molecule has 7 rings (SSSR count). The number of nitro groups is 1. The van der Waals surface area contributed by atoms with Crippen molar-refractivity contribution >= 4 is 39.9 Å². The van der Waals surface area contributed by atoms with E-state index in [1.165, 1.54) is 43.0 Å². The summed E-state index contributed by atoms with van der Waals surface area (Å²) in [4.78, 5) is 55.0. The van der Waals surface area contributed by atoms with Crippen LogP contribution < -0.4 is 5.32 Å². The van der Waals surface area contributed by atoms with Gasteiger partial charge in [0.1, 0.15) is 12.0 Å². The van der Waals surface area contributed by atoms with Crippen LogP contribution in [-0.4, -0.2) is 84.3 Å². The van der Waals surface area contributed by atoms with Crippen LogP contribution in [0.1, 0.15) is 19.4 Å². The van der Waals surface area contributed by atoms with Crippen LogP contribution in [-0.2, 0) is 36.9 Å². The smallest absolute Gasteiger partial charge is 0.441 e. The van der Waals surface area contributed by atoms with Crippen LogP contribution in [0.5, 0.6) is 0 Å². The van der Waals surface area contributed by atoms with Gasteiger partial charge in [-0.15, -0.1) is 0 Å². The summed E-state index contributed by atoms with van der Waals surface area (Å²) in [5.74, 6) is -5.60. The maximum atomic E-state index is 13.4. The van der Waals surface area contributed by atoms with Gasteiger partial charge in [0.25, 0.3) is 11.6 Å². The van der Waals surface area contributed by atoms with Gasteiger partial charge in [-0.1, -0.05) is 13.8 Å². The number of halogens is 3. The number of nitrogens with one attached hydrogen (secondary N) is 1. The first-order valence-corrected chi connectivity index (χ1v) is 14.3. The van der Waals surface area contributed by atoms with Gasteiger partial charge >= 0.3 is 12.1 Å². The van der Waals surface area contributed by atoms with Crippen LogP contribution in [0.4, 0.5) is 18.9 Å². The normalized spacial score (nSPS) is 24.1. The lowest BCUT2D eigenvalue weighted by atomic mass is 10.0. The number of esters is 1. The number of carbonyl (C=O) groups excluding carboxylic acids is 3. The molecule has 4 aromatic rings. The van der Waals surface area contributed by atoms with Gasteiger partial charge in [-0.3, -0.25) is 24.6 Å². The molecule has 3 aliphatic rings. The van der Waals surface area contributed by atoms with Crippen LogP contribution in [0.15, 0.2) is 43.0 Å². The Hall–Kier alpha value is -4.90. The Kier molecular flexibility index (Phi) is 6.51. The number of rotatable bonds is 7. The molecule has 17 heteroatoms. The Labute approximate surface area is 257 Å². The molecule has 46 heavy (non-hydrogen) atoms. The van der Waals surface area contributed by atoms with Crippen molar-refractivity contribution in [1.82, 2.24) is 29.4 Å². The van der Waals surface area contributed by atoms with Crippen LogP contribution >= 0.6 is 0 Å². The number of piperidine rings is 1. The van der Waals surface area contributed by atoms with E-state index < -0.39 is 45.8 Å². The van der Waals surface area contributed by atoms with Gasteiger partial charge in [0.05, 0.1) is 47.7 Å². The number of ether oxygens (including phenoxy) is 2. The first-order chi connectivity index (χ1) is 21.7. The predicted molar refractivity (Wildman–Crippen MR) is 151 cm³/mol. The summed E-state index contributed by atoms with van der Waals surface area (Å²) >= 11 is 0. The molecule has 1 N–H and O–H groups in total. The molecule has 14 nitrogen and oxygen atoms in total. The van der Waals surface area contributed by atoms with Crippen molar-refractivity contribution in [3.63, 3.8) is 0 Å². The average molecular weight is 642 g/mol. The fourth-order valence-corrected chi connectivity index (χ4v) is 6.84. The Morgan fingerprint density at radius 2 is 2.04 bits per heavy atom. The summed E-state index contributed by atoms with van der Waals surface area (Å²) in [6.45, 7) is 4.84. The van der Waals surface area contributed by atoms with E-state index in [4.69, 9.17) is 9.47 Å². The summed E-state index contributed by atoms with van der Waals surface area (Å²) in [5, 5.41) is 20.0. The second-order valence-corrected chi connectivity index (χ2v) is 12.1. The maximum absolute atomic E-state index is 13.4. The molecule has 0 radical (unpaired) electrons. The third kappa shape index (κ3) is 4.36. The molecule has 1 aromatic carbocycles. The van der Waals surface area contributed by atoms with Crippen molar-refractivity contribution in [2.75, 3.05) is 19.7 Å². The zero-order valence-corrected chi connectivity index (χ0v) is 24.4. The molecule has 2 amide bonds. The fourth-order valence-electron chi connectivity index (χ4n) is 6.84. The van der Waals surface area contributed by atoms with E-state index in [2.05, 4.69) is 15.4 Å². The summed E-state index contributed by atoms with van der Waals surface area (Å²) in [5.41, 5.74) is -1.52. The van der Waals surface area contributed by atoms with E-state index in [-0.39, 0.29) is 18.3 Å². The zero-order chi connectivity index (χ0) is 32.8. The highest BCUT2D eigenvalue weighted by atomic mass is 19.4. The Bertz CT molecular complexity index is 1960. The summed E-state index contributed by atoms with van der Waals surface area (Å²) < 4.78 is 53.1. The van der Waals surface area contributed by atoms with E-state index in [9.17, 15) is 37.7 Å². The second kappa shape index (κ2) is 10.1. The Morgan fingerprint density at radius 3 is 2.74 bits per heavy atom. The molecule has 2 aliphatic heterocycles. The van der Waals surface area contributed by atoms with Gasteiger partial charge in [-0.2, -0.15) is 18.3 Å². The number of aromatic nitrogens is 4. The minimum absolute atomic E-state index is 0.136. The summed E-state index contributed by atoms with van der Waals surface area (Å²) in [7, 11) is 0. The maximum Gasteiger partial charge on any atom is 0.490 e. The molecular weight excluding hydrogens is 615 g/mol. The molecule has 2 unspecified atom stereocenters. The number of carbonyl (C=O) groups is 3. The minimum Gasteiger partial charge on any atom is -0.441 e. The summed E-state index contributed by atoms with van der Waals surface area (Å²) in [6, 6.07) is 6.24. The number of likely N-dealkylation sites (tertiary alicyclic amines) is 1. The number of amides is 2. The number of morpholine rings is 1. The Morgan fingerprint density at radius 1 is 1.26 bits per heavy atom. The molecule has 3 aromatic heterocycles. The van der Waals surface area contributed by atoms with Crippen LogP contribution in [0.3, 0.4) is 0 Å². The highest BCUT2D eigenvalue weighted by molar-refractivity contribution is 6.16. The number of fused-ring (bicyclic) bond motifs is 3. The molecule has 3 fully saturated rings. The fraction of sp³-hybridized carbons (Fsp3) is 0.414. The standard InChI is InChI=1S/C29H26F3N7O7/c1-27(2)23-24(40)37(25(41)28(23,27)46-26(42)29(30,31)32)11-15-7-20-21(34-14-35-38(20)12-15)19-9-17(39(43)44)8-16-3-5-36(22(16)19)13-18-10-33-4-6-45-18/h3,5,7-9,12,14,18,23,33H,4,6,10-11,13H2,1-2H3/t18-,23?,28?/m0/s1. The van der Waals surface area contributed by atoms with Crippen molar-refractivity contribution in [3.05, 3.63) is 58.7 Å². The molecule has 0 bridgehead atoms. The van der Waals surface area contributed by atoms with Gasteiger partial charge in [-0.05, 0) is 17.7 Å². The Balaban J connectivity index is 1.25. The van der Waals surface area contributed by atoms with E-state index >= 15 is 0 Å². The van der Waals surface area contributed by atoms with Crippen LogP contribution in [0.25, 0.3) is 27.7 Å². The number of nitro benzene ring substituents is 1. The number of hydrogen-bond acceptors (Lipinski definition) is 10. The number of hydrogen-bond donors (Lipinski definition) is 1. The molecule has 5 heterocycles. The van der Waals surface area contributed by atoms with E-state index in [1.807, 2.05) is 10.8 Å². The number of nitrogens with zero attached hydrogens (tertiary/aromatic N) is 6. The van der Waals surface area contributed by atoms with Crippen molar-refractivity contribution in [1.29, 1.82) is 0 Å². The van der Waals surface area contributed by atoms with Crippen molar-refractivity contribution in [3.8, 4) is 11.3 Å². The quantitative estimate of drug-likeness (QED) is 0.137. The molecule has 0 spiro atoms. The van der Waals surface area contributed by atoms with Gasteiger partial charge in [0.2, 0.25) is 11.5 Å². The van der Waals surface area contributed by atoms with Gasteiger partial charge in [-0.25, -0.2) is 14.3 Å². The van der Waals surface area contributed by atoms with Crippen molar-refractivity contribution in [2.45, 2.75) is 44.8 Å². The third-order valence-corrected chi connectivity index (χ3v) is 9.08. The SMILES string of the molecule is CC1(C)C2C(=O)N(Cc3cc4c(-c5cc([N+](=O)[O-])cc6ccn(C[C@@H]7CNCCO7)c56)ncnn4c3)C(=O)C21OC(=O)C(F)(F)F. The average Bonchev–Trinajstić information content (AvgIpc) is 3.41. The molecule has 2 saturated heterocycles. The monoisotopic (exact) mass is 641 g/mol. The van der Waals surface area contributed by atoms with Gasteiger partial charge in [0, 0.05) is 54.0 Å². The number of benzene rings is 1. The van der Waals surface area contributed by atoms with Crippen LogP contribution in [0, 0.1) is 21.4 Å². The van der Waals surface area contributed by atoms with Crippen LogP contribution in [0.2, 0.25) is 0 Å². The highest BCUT2D eigenvalue weighted by Crippen LogP contribution is 2.69. The molecular formula is C29H26F3N7O7. The molecule has 240 valence electrons. The number of non-ortho nitro benzene ring substituents is 1. The van der Waals surface area contributed by atoms with E-state index in [0.29, 0.717) is 52.9 Å². The molecule has 1 saturated carbocycles. The lowest BCUT2D eigenvalue weighted by molar-refractivity contribution is -0.384. The number of imide groups is 1. The lowest BCUT2D eigenvalue weighted by Crippen LogP contribution is -2.45. The van der Waals surface area contributed by atoms with E-state index in [0.717, 1.165) is 11.4 Å². The van der Waals surface area contributed by atoms with Crippen molar-refractivity contribution < 1.29 is 42.0 Å². The molecule has 3 atom stereocenters. The highest BCUT2D eigenvalue weighted by Gasteiger charge is 2.88. The van der Waals surface area contributed by atoms with E-state index in [1.54, 1.807) is 12.1 Å². The topological polar surface area (TPSA) is 163 Å². The second-order valence-electron chi connectivity index (χ2n) is 12.1. The van der Waals surface area contributed by atoms with Gasteiger partial charge < -0.3 is 19.4 Å². The zero-order valence-electron chi connectivity index (χ0n) is 24.4. The predicted octanol–water partition coefficient (Wildman–Crippen LogP) is 2.62. The van der Waals surface area contributed by atoms with Gasteiger partial charge in [0.15, 0.2) is 0 Å².